The van der Waals surface area contributed by atoms with E-state index in [0.29, 0.717) is 12.2 Å². The van der Waals surface area contributed by atoms with Gasteiger partial charge in [-0.15, -0.1) is 0 Å². The van der Waals surface area contributed by atoms with Crippen molar-refractivity contribution in [3.05, 3.63) is 58.1 Å². The van der Waals surface area contributed by atoms with E-state index in [-0.39, 0.29) is 33.9 Å². The van der Waals surface area contributed by atoms with Crippen molar-refractivity contribution in [3.8, 4) is 0 Å². The zero-order valence-electron chi connectivity index (χ0n) is 18.9. The summed E-state index contributed by atoms with van der Waals surface area (Å²) < 4.78 is 28.2. The molecule has 9 heteroatoms. The lowest BCUT2D eigenvalue weighted by Crippen LogP contribution is -2.38. The molecule has 0 heterocycles. The van der Waals surface area contributed by atoms with E-state index in [4.69, 9.17) is 11.6 Å². The summed E-state index contributed by atoms with van der Waals surface area (Å²) in [5, 5.41) is 5.68. The van der Waals surface area contributed by atoms with Crippen molar-refractivity contribution in [2.24, 2.45) is 5.92 Å². The lowest BCUT2D eigenvalue weighted by Gasteiger charge is -2.20. The molecule has 1 saturated carbocycles. The maximum atomic E-state index is 12.8. The topological polar surface area (TPSA) is 104 Å². The lowest BCUT2D eigenvalue weighted by molar-refractivity contribution is -0.125. The fourth-order valence-electron chi connectivity index (χ4n) is 3.83. The number of sulfonamides is 1. The van der Waals surface area contributed by atoms with Crippen LogP contribution >= 0.6 is 11.6 Å². The van der Waals surface area contributed by atoms with Gasteiger partial charge in [0.1, 0.15) is 0 Å². The zero-order valence-corrected chi connectivity index (χ0v) is 20.5. The summed E-state index contributed by atoms with van der Waals surface area (Å²) in [4.78, 5) is 24.7. The van der Waals surface area contributed by atoms with Gasteiger partial charge in [0.15, 0.2) is 0 Å². The molecule has 7 nitrogen and oxygen atoms in total. The Bertz CT molecular complexity index is 1130. The second kappa shape index (κ2) is 11.0. The maximum Gasteiger partial charge on any atom is 0.261 e. The zero-order chi connectivity index (χ0) is 24.0. The van der Waals surface area contributed by atoms with Crippen molar-refractivity contribution in [2.45, 2.75) is 50.8 Å². The molecule has 0 radical (unpaired) electrons. The molecule has 3 rings (SSSR count). The molecule has 2 amide bonds. The van der Waals surface area contributed by atoms with E-state index in [2.05, 4.69) is 15.4 Å². The third-order valence-corrected chi connectivity index (χ3v) is 7.65. The molecular formula is C24H30ClN3O4S. The summed E-state index contributed by atoms with van der Waals surface area (Å²) in [6, 6.07) is 9.26. The minimum atomic E-state index is -3.91. The number of carbonyl (C=O) groups is 2. The molecule has 0 saturated heterocycles. The summed E-state index contributed by atoms with van der Waals surface area (Å²) >= 11 is 6.16. The first kappa shape index (κ1) is 25.1. The third kappa shape index (κ3) is 6.71. The van der Waals surface area contributed by atoms with Gasteiger partial charge in [-0.1, -0.05) is 36.9 Å². The molecule has 0 spiro atoms. The Morgan fingerprint density at radius 2 is 1.64 bits per heavy atom. The number of benzene rings is 2. The summed E-state index contributed by atoms with van der Waals surface area (Å²) in [6.45, 7) is 4.35. The fraction of sp³-hybridized carbons (Fsp3) is 0.417. The van der Waals surface area contributed by atoms with Crippen LogP contribution in [-0.2, 0) is 14.8 Å². The second-order valence-electron chi connectivity index (χ2n) is 8.43. The number of amides is 2. The molecular weight excluding hydrogens is 462 g/mol. The normalized spacial score (nSPS) is 14.5. The van der Waals surface area contributed by atoms with Crippen molar-refractivity contribution in [1.82, 2.24) is 10.6 Å². The third-order valence-electron chi connectivity index (χ3n) is 5.94. The number of anilines is 1. The Balaban J connectivity index is 1.60. The summed E-state index contributed by atoms with van der Waals surface area (Å²) in [7, 11) is -3.91. The van der Waals surface area contributed by atoms with Crippen LogP contribution in [-0.4, -0.2) is 33.3 Å². The van der Waals surface area contributed by atoms with Crippen LogP contribution < -0.4 is 15.4 Å². The van der Waals surface area contributed by atoms with Gasteiger partial charge in [-0.3, -0.25) is 14.3 Å². The molecule has 178 valence electrons. The lowest BCUT2D eigenvalue weighted by atomic mass is 9.89. The minimum Gasteiger partial charge on any atom is -0.354 e. The van der Waals surface area contributed by atoms with Crippen molar-refractivity contribution in [1.29, 1.82) is 0 Å². The van der Waals surface area contributed by atoms with E-state index in [1.54, 1.807) is 12.1 Å². The first-order valence-corrected chi connectivity index (χ1v) is 13.0. The van der Waals surface area contributed by atoms with Crippen LogP contribution in [0.1, 0.15) is 53.6 Å². The standard InChI is InChI=1S/C24H30ClN3O4S/c1-16-8-9-19(14-17(16)2)28-33(31,32)20-10-11-22(25)21(15-20)24(30)27-13-12-26-23(29)18-6-4-3-5-7-18/h8-11,14-15,18,28H,3-7,12-13H2,1-2H3,(H,26,29)(H,27,30). The average Bonchev–Trinajstić information content (AvgIpc) is 2.79. The van der Waals surface area contributed by atoms with E-state index in [1.165, 1.54) is 24.6 Å². The molecule has 1 aliphatic rings. The Kier molecular flexibility index (Phi) is 8.37. The largest absolute Gasteiger partial charge is 0.354 e. The molecule has 0 bridgehead atoms. The van der Waals surface area contributed by atoms with Crippen molar-refractivity contribution in [2.75, 3.05) is 17.8 Å². The van der Waals surface area contributed by atoms with Gasteiger partial charge in [-0.05, 0) is 68.1 Å². The van der Waals surface area contributed by atoms with Gasteiger partial charge < -0.3 is 10.6 Å². The highest BCUT2D eigenvalue weighted by molar-refractivity contribution is 7.92. The van der Waals surface area contributed by atoms with E-state index in [0.717, 1.165) is 36.8 Å². The number of hydrogen-bond donors (Lipinski definition) is 3. The molecule has 0 aromatic heterocycles. The van der Waals surface area contributed by atoms with Gasteiger partial charge in [0, 0.05) is 24.7 Å². The molecule has 1 fully saturated rings. The highest BCUT2D eigenvalue weighted by atomic mass is 35.5. The number of aryl methyl sites for hydroxylation is 2. The predicted octanol–water partition coefficient (Wildman–Crippen LogP) is 4.18. The molecule has 3 N–H and O–H groups in total. The highest BCUT2D eigenvalue weighted by Gasteiger charge is 2.21. The highest BCUT2D eigenvalue weighted by Crippen LogP contribution is 2.24. The van der Waals surface area contributed by atoms with Gasteiger partial charge in [0.2, 0.25) is 5.91 Å². The SMILES string of the molecule is Cc1ccc(NS(=O)(=O)c2ccc(Cl)c(C(=O)NCCNC(=O)C3CCCCC3)c2)cc1C. The van der Waals surface area contributed by atoms with E-state index >= 15 is 0 Å². The van der Waals surface area contributed by atoms with E-state index in [9.17, 15) is 18.0 Å². The van der Waals surface area contributed by atoms with Crippen molar-refractivity contribution in [3.63, 3.8) is 0 Å². The van der Waals surface area contributed by atoms with Crippen molar-refractivity contribution < 1.29 is 18.0 Å². The Morgan fingerprint density at radius 1 is 0.939 bits per heavy atom. The summed E-state index contributed by atoms with van der Waals surface area (Å²) in [5.74, 6) is -0.432. The first-order valence-electron chi connectivity index (χ1n) is 11.1. The summed E-state index contributed by atoms with van der Waals surface area (Å²) in [5.41, 5.74) is 2.51. The van der Waals surface area contributed by atoms with Gasteiger partial charge in [-0.2, -0.15) is 0 Å². The van der Waals surface area contributed by atoms with Gasteiger partial charge in [0.25, 0.3) is 15.9 Å². The monoisotopic (exact) mass is 491 g/mol. The summed E-state index contributed by atoms with van der Waals surface area (Å²) in [6.07, 6.45) is 5.14. The smallest absolute Gasteiger partial charge is 0.261 e. The van der Waals surface area contributed by atoms with Crippen LogP contribution in [0.25, 0.3) is 0 Å². The number of halogens is 1. The predicted molar refractivity (Wildman–Crippen MR) is 130 cm³/mol. The van der Waals surface area contributed by atoms with Crippen LogP contribution in [0.4, 0.5) is 5.69 Å². The molecule has 1 aliphatic carbocycles. The molecule has 33 heavy (non-hydrogen) atoms. The fourth-order valence-corrected chi connectivity index (χ4v) is 5.11. The molecule has 0 unspecified atom stereocenters. The Morgan fingerprint density at radius 3 is 2.33 bits per heavy atom. The molecule has 0 aliphatic heterocycles. The Hall–Kier alpha value is -2.58. The number of rotatable bonds is 8. The first-order chi connectivity index (χ1) is 15.7. The van der Waals surface area contributed by atoms with Crippen LogP contribution in [0, 0.1) is 19.8 Å². The van der Waals surface area contributed by atoms with E-state index in [1.807, 2.05) is 19.9 Å². The van der Waals surface area contributed by atoms with Crippen molar-refractivity contribution >= 4 is 39.1 Å². The van der Waals surface area contributed by atoms with Crippen LogP contribution in [0.3, 0.4) is 0 Å². The van der Waals surface area contributed by atoms with Gasteiger partial charge in [-0.25, -0.2) is 8.42 Å². The molecule has 2 aromatic carbocycles. The quantitative estimate of drug-likeness (QED) is 0.481. The maximum absolute atomic E-state index is 12.8. The van der Waals surface area contributed by atoms with Crippen LogP contribution in [0.2, 0.25) is 5.02 Å². The number of nitrogens with one attached hydrogen (secondary N) is 3. The average molecular weight is 492 g/mol. The molecule has 0 atom stereocenters. The van der Waals surface area contributed by atoms with Crippen LogP contribution in [0.15, 0.2) is 41.3 Å². The number of hydrogen-bond acceptors (Lipinski definition) is 4. The Labute approximate surface area is 200 Å². The minimum absolute atomic E-state index is 0.0208. The molecule has 2 aromatic rings. The van der Waals surface area contributed by atoms with E-state index < -0.39 is 15.9 Å². The van der Waals surface area contributed by atoms with Gasteiger partial charge >= 0.3 is 0 Å². The van der Waals surface area contributed by atoms with Crippen LogP contribution in [0.5, 0.6) is 0 Å². The van der Waals surface area contributed by atoms with Gasteiger partial charge in [0.05, 0.1) is 15.5 Å². The number of carbonyl (C=O) groups excluding carboxylic acids is 2. The second-order valence-corrected chi connectivity index (χ2v) is 10.5.